The van der Waals surface area contributed by atoms with E-state index in [1.807, 2.05) is 0 Å². The van der Waals surface area contributed by atoms with Gasteiger partial charge in [-0.05, 0) is 42.5 Å². The Morgan fingerprint density at radius 2 is 1.78 bits per heavy atom. The predicted octanol–water partition coefficient (Wildman–Crippen LogP) is 2.54. The van der Waals surface area contributed by atoms with Gasteiger partial charge in [0.2, 0.25) is 11.7 Å². The molecule has 1 heterocycles. The van der Waals surface area contributed by atoms with E-state index in [0.29, 0.717) is 33.4 Å². The summed E-state index contributed by atoms with van der Waals surface area (Å²) in [5, 5.41) is 3.37. The molecule has 144 valence electrons. The summed E-state index contributed by atoms with van der Waals surface area (Å²) in [5.41, 5.74) is 7.67. The Labute approximate surface area is 161 Å². The topological polar surface area (TPSA) is 99.9 Å². The number of aryl methyl sites for hydroxylation is 1. The third kappa shape index (κ3) is 3.71. The fourth-order valence-corrected chi connectivity index (χ4v) is 4.66. The van der Waals surface area contributed by atoms with Gasteiger partial charge in [0.15, 0.2) is 11.5 Å². The van der Waals surface area contributed by atoms with Gasteiger partial charge in [-0.15, -0.1) is 11.3 Å². The second kappa shape index (κ2) is 7.87. The van der Waals surface area contributed by atoms with Crippen molar-refractivity contribution in [3.63, 3.8) is 0 Å². The quantitative estimate of drug-likeness (QED) is 0.757. The molecule has 0 radical (unpaired) electrons. The minimum absolute atomic E-state index is 0.0947. The lowest BCUT2D eigenvalue weighted by Crippen LogP contribution is -2.19. The smallest absolute Gasteiger partial charge is 0.251 e. The molecule has 0 spiro atoms. The van der Waals surface area contributed by atoms with Crippen molar-refractivity contribution >= 4 is 28.2 Å². The van der Waals surface area contributed by atoms with E-state index in [9.17, 15) is 9.59 Å². The first-order valence-electron chi connectivity index (χ1n) is 8.51. The number of methoxy groups -OCH3 is 3. The van der Waals surface area contributed by atoms with Crippen LogP contribution in [0.15, 0.2) is 12.1 Å². The molecule has 27 heavy (non-hydrogen) atoms. The molecule has 0 saturated heterocycles. The fourth-order valence-electron chi connectivity index (χ4n) is 3.35. The zero-order valence-electron chi connectivity index (χ0n) is 15.5. The molecule has 8 heteroatoms. The van der Waals surface area contributed by atoms with Crippen molar-refractivity contribution < 1.29 is 23.8 Å². The van der Waals surface area contributed by atoms with Crippen LogP contribution < -0.4 is 25.3 Å². The molecule has 0 bridgehead atoms. The van der Waals surface area contributed by atoms with Crippen LogP contribution >= 0.6 is 11.3 Å². The maximum Gasteiger partial charge on any atom is 0.251 e. The maximum atomic E-state index is 12.6. The van der Waals surface area contributed by atoms with Gasteiger partial charge >= 0.3 is 0 Å². The number of nitrogens with two attached hydrogens (primary N) is 1. The highest BCUT2D eigenvalue weighted by molar-refractivity contribution is 7.17. The molecule has 0 unspecified atom stereocenters. The van der Waals surface area contributed by atoms with E-state index in [1.165, 1.54) is 32.7 Å². The van der Waals surface area contributed by atoms with Crippen LogP contribution in [-0.2, 0) is 24.1 Å². The molecule has 7 nitrogen and oxygen atoms in total. The number of hydrogen-bond acceptors (Lipinski definition) is 6. The molecule has 2 amide bonds. The summed E-state index contributed by atoms with van der Waals surface area (Å²) in [6, 6.07) is 3.45. The Morgan fingerprint density at radius 1 is 1.11 bits per heavy atom. The van der Waals surface area contributed by atoms with Gasteiger partial charge in [-0.3, -0.25) is 9.59 Å². The molecular formula is C19H22N2O5S. The summed E-state index contributed by atoms with van der Waals surface area (Å²) >= 11 is 1.44. The fraction of sp³-hybridized carbons (Fsp3) is 0.368. The standard InChI is InChI=1S/C19H22N2O5S/c1-24-12-7-10(8-13(25-2)17(12)26-3)9-15(22)21-19-16(18(20)23)11-5-4-6-14(11)27-19/h7-8H,4-6,9H2,1-3H3,(H2,20,23)(H,21,22). The molecule has 0 aliphatic heterocycles. The molecule has 3 N–H and O–H groups in total. The minimum Gasteiger partial charge on any atom is -0.493 e. The van der Waals surface area contributed by atoms with Crippen molar-refractivity contribution in [1.82, 2.24) is 0 Å². The maximum absolute atomic E-state index is 12.6. The molecule has 0 fully saturated rings. The first-order chi connectivity index (χ1) is 13.0. The van der Waals surface area contributed by atoms with Crippen molar-refractivity contribution in [3.05, 3.63) is 33.7 Å². The van der Waals surface area contributed by atoms with Crippen LogP contribution in [0, 0.1) is 0 Å². The summed E-state index contributed by atoms with van der Waals surface area (Å²) in [6.45, 7) is 0. The van der Waals surface area contributed by atoms with Crippen LogP contribution in [0.3, 0.4) is 0 Å². The Balaban J connectivity index is 1.82. The molecule has 2 aromatic rings. The van der Waals surface area contributed by atoms with Gasteiger partial charge in [0.1, 0.15) is 5.00 Å². The number of carbonyl (C=O) groups is 2. The minimum atomic E-state index is -0.502. The molecule has 1 aromatic heterocycles. The van der Waals surface area contributed by atoms with Crippen molar-refractivity contribution in [1.29, 1.82) is 0 Å². The average molecular weight is 390 g/mol. The van der Waals surface area contributed by atoms with E-state index in [2.05, 4.69) is 5.32 Å². The summed E-state index contributed by atoms with van der Waals surface area (Å²) in [4.78, 5) is 25.5. The third-order valence-electron chi connectivity index (χ3n) is 4.51. The highest BCUT2D eigenvalue weighted by atomic mass is 32.1. The SMILES string of the molecule is COc1cc(CC(=O)Nc2sc3c(c2C(N)=O)CCC3)cc(OC)c1OC. The lowest BCUT2D eigenvalue weighted by molar-refractivity contribution is -0.115. The van der Waals surface area contributed by atoms with Crippen LogP contribution in [0.4, 0.5) is 5.00 Å². The molecule has 1 aliphatic carbocycles. The van der Waals surface area contributed by atoms with Crippen LogP contribution in [0.1, 0.15) is 32.8 Å². The zero-order valence-corrected chi connectivity index (χ0v) is 16.3. The Bertz CT molecular complexity index is 865. The molecule has 1 aliphatic rings. The second-order valence-electron chi connectivity index (χ2n) is 6.18. The highest BCUT2D eigenvalue weighted by Crippen LogP contribution is 2.40. The van der Waals surface area contributed by atoms with E-state index in [0.717, 1.165) is 29.7 Å². The van der Waals surface area contributed by atoms with Gasteiger partial charge in [0.25, 0.3) is 5.91 Å². The van der Waals surface area contributed by atoms with Crippen molar-refractivity contribution in [2.24, 2.45) is 5.73 Å². The summed E-state index contributed by atoms with van der Waals surface area (Å²) in [7, 11) is 4.56. The van der Waals surface area contributed by atoms with Crippen LogP contribution in [0.2, 0.25) is 0 Å². The average Bonchev–Trinajstić information content (AvgIpc) is 3.20. The number of rotatable bonds is 7. The van der Waals surface area contributed by atoms with Crippen LogP contribution in [-0.4, -0.2) is 33.1 Å². The van der Waals surface area contributed by atoms with E-state index in [-0.39, 0.29) is 12.3 Å². The normalized spacial score (nSPS) is 12.4. The first-order valence-corrected chi connectivity index (χ1v) is 9.33. The van der Waals surface area contributed by atoms with Gasteiger partial charge < -0.3 is 25.3 Å². The lowest BCUT2D eigenvalue weighted by atomic mass is 10.1. The zero-order chi connectivity index (χ0) is 19.6. The number of nitrogens with one attached hydrogen (secondary N) is 1. The number of primary amides is 1. The second-order valence-corrected chi connectivity index (χ2v) is 7.29. The molecule has 0 atom stereocenters. The number of fused-ring (bicyclic) bond motifs is 1. The molecule has 0 saturated carbocycles. The van der Waals surface area contributed by atoms with Gasteiger partial charge in [0, 0.05) is 4.88 Å². The lowest BCUT2D eigenvalue weighted by Gasteiger charge is -2.14. The summed E-state index contributed by atoms with van der Waals surface area (Å²) in [6.07, 6.45) is 2.86. The highest BCUT2D eigenvalue weighted by Gasteiger charge is 2.26. The first kappa shape index (κ1) is 19.0. The van der Waals surface area contributed by atoms with E-state index in [1.54, 1.807) is 12.1 Å². The monoisotopic (exact) mass is 390 g/mol. The number of benzene rings is 1. The number of hydrogen-bond donors (Lipinski definition) is 2. The molecule has 3 rings (SSSR count). The third-order valence-corrected chi connectivity index (χ3v) is 5.72. The number of anilines is 1. The van der Waals surface area contributed by atoms with Crippen LogP contribution in [0.25, 0.3) is 0 Å². The molecule has 1 aromatic carbocycles. The van der Waals surface area contributed by atoms with Crippen LogP contribution in [0.5, 0.6) is 17.2 Å². The predicted molar refractivity (Wildman–Crippen MR) is 103 cm³/mol. The van der Waals surface area contributed by atoms with E-state index < -0.39 is 5.91 Å². The number of amides is 2. The Morgan fingerprint density at radius 3 is 2.33 bits per heavy atom. The van der Waals surface area contributed by atoms with Gasteiger partial charge in [-0.2, -0.15) is 0 Å². The Hall–Kier alpha value is -2.74. The van der Waals surface area contributed by atoms with E-state index >= 15 is 0 Å². The van der Waals surface area contributed by atoms with E-state index in [4.69, 9.17) is 19.9 Å². The van der Waals surface area contributed by atoms with Crippen molar-refractivity contribution in [3.8, 4) is 17.2 Å². The molecular weight excluding hydrogens is 368 g/mol. The van der Waals surface area contributed by atoms with Gasteiger partial charge in [0.05, 0.1) is 33.3 Å². The summed E-state index contributed by atoms with van der Waals surface area (Å²) < 4.78 is 15.9. The van der Waals surface area contributed by atoms with Gasteiger partial charge in [-0.1, -0.05) is 0 Å². The van der Waals surface area contributed by atoms with Crippen molar-refractivity contribution in [2.45, 2.75) is 25.7 Å². The number of ether oxygens (including phenoxy) is 3. The summed E-state index contributed by atoms with van der Waals surface area (Å²) in [5.74, 6) is 0.680. The van der Waals surface area contributed by atoms with Crippen molar-refractivity contribution in [2.75, 3.05) is 26.6 Å². The number of thiophene rings is 1. The number of carbonyl (C=O) groups excluding carboxylic acids is 2. The largest absolute Gasteiger partial charge is 0.493 e. The Kier molecular flexibility index (Phi) is 5.55. The van der Waals surface area contributed by atoms with Gasteiger partial charge in [-0.25, -0.2) is 0 Å².